The molecule has 0 amide bonds. The molecule has 0 saturated carbocycles. The molecule has 1 aromatic carbocycles. The Morgan fingerprint density at radius 1 is 1.20 bits per heavy atom. The molecule has 0 aliphatic carbocycles. The van der Waals surface area contributed by atoms with Gasteiger partial charge in [0.1, 0.15) is 0 Å². The molecule has 6 heteroatoms. The Hall–Kier alpha value is -1.40. The molecule has 0 N–H and O–H groups in total. The molecular weight excluding hydrogens is 257 g/mol. The van der Waals surface area contributed by atoms with E-state index in [0.29, 0.717) is 11.9 Å². The number of rotatable bonds is 3. The second kappa shape index (κ2) is 4.86. The highest BCUT2D eigenvalue weighted by Gasteiger charge is 2.51. The van der Waals surface area contributed by atoms with E-state index >= 15 is 0 Å². The molecule has 0 unspecified atom stereocenters. The average Bonchev–Trinajstić information content (AvgIpc) is 2.57. The van der Waals surface area contributed by atoms with Crippen molar-refractivity contribution in [2.75, 3.05) is 0 Å². The van der Waals surface area contributed by atoms with Crippen molar-refractivity contribution < 1.29 is 14.2 Å². The summed E-state index contributed by atoms with van der Waals surface area (Å²) in [6.45, 7) is 9.74. The normalized spacial score (nSPS) is 20.1. The highest BCUT2D eigenvalue weighted by Crippen LogP contribution is 2.36. The molecule has 1 saturated heterocycles. The number of nitrogens with zero attached hydrogens (tertiary/aromatic N) is 1. The molecule has 1 aromatic rings. The van der Waals surface area contributed by atoms with E-state index in [0.717, 1.165) is 5.56 Å². The summed E-state index contributed by atoms with van der Waals surface area (Å²) in [4.78, 5) is 10.8. The fourth-order valence-corrected chi connectivity index (χ4v) is 2.18. The largest absolute Gasteiger partial charge is 0.495 e. The second-order valence-electron chi connectivity index (χ2n) is 6.09. The summed E-state index contributed by atoms with van der Waals surface area (Å²) in [6, 6.07) is 5.17. The molecule has 1 fully saturated rings. The zero-order chi connectivity index (χ0) is 15.1. The van der Waals surface area contributed by atoms with E-state index in [1.165, 1.54) is 0 Å². The second-order valence-corrected chi connectivity index (χ2v) is 6.09. The lowest BCUT2D eigenvalue weighted by Crippen LogP contribution is -2.41. The van der Waals surface area contributed by atoms with Crippen LogP contribution >= 0.6 is 0 Å². The van der Waals surface area contributed by atoms with Gasteiger partial charge < -0.3 is 9.31 Å². The fourth-order valence-electron chi connectivity index (χ4n) is 2.18. The van der Waals surface area contributed by atoms with Crippen molar-refractivity contribution in [3.8, 4) is 0 Å². The lowest BCUT2D eigenvalue weighted by Gasteiger charge is -2.32. The Labute approximate surface area is 119 Å². The summed E-state index contributed by atoms with van der Waals surface area (Å²) in [5.41, 5.74) is 0.633. The molecule has 0 bridgehead atoms. The smallest absolute Gasteiger partial charge is 0.399 e. The first-order valence-corrected chi connectivity index (χ1v) is 6.81. The van der Waals surface area contributed by atoms with Gasteiger partial charge in [-0.1, -0.05) is 19.1 Å². The number of aryl methyl sites for hydroxylation is 1. The molecule has 1 aliphatic rings. The third kappa shape index (κ3) is 2.45. The minimum absolute atomic E-state index is 0.125. The maximum absolute atomic E-state index is 11.1. The van der Waals surface area contributed by atoms with Crippen molar-refractivity contribution >= 4 is 18.3 Å². The van der Waals surface area contributed by atoms with Crippen molar-refractivity contribution in [2.45, 2.75) is 52.2 Å². The van der Waals surface area contributed by atoms with E-state index in [1.807, 2.05) is 40.7 Å². The van der Waals surface area contributed by atoms with E-state index in [1.54, 1.807) is 12.1 Å². The van der Waals surface area contributed by atoms with E-state index in [2.05, 4.69) is 0 Å². The Morgan fingerprint density at radius 2 is 1.75 bits per heavy atom. The van der Waals surface area contributed by atoms with Gasteiger partial charge in [-0.2, -0.15) is 0 Å². The van der Waals surface area contributed by atoms with Crippen LogP contribution in [0.25, 0.3) is 0 Å². The van der Waals surface area contributed by atoms with Crippen LogP contribution in [0.5, 0.6) is 0 Å². The van der Waals surface area contributed by atoms with Crippen LogP contribution < -0.4 is 5.46 Å². The molecule has 0 spiro atoms. The maximum atomic E-state index is 11.1. The van der Waals surface area contributed by atoms with Gasteiger partial charge in [0.15, 0.2) is 0 Å². The van der Waals surface area contributed by atoms with Gasteiger partial charge in [-0.05, 0) is 39.6 Å². The van der Waals surface area contributed by atoms with E-state index < -0.39 is 18.3 Å². The number of benzene rings is 1. The summed E-state index contributed by atoms with van der Waals surface area (Å²) in [5.74, 6) is 0. The topological polar surface area (TPSA) is 61.6 Å². The Balaban J connectivity index is 2.36. The van der Waals surface area contributed by atoms with Crippen LogP contribution in [0.4, 0.5) is 5.69 Å². The first-order valence-electron chi connectivity index (χ1n) is 6.81. The van der Waals surface area contributed by atoms with Crippen LogP contribution in [-0.2, 0) is 15.7 Å². The highest BCUT2D eigenvalue weighted by atomic mass is 16.7. The molecule has 0 aromatic heterocycles. The van der Waals surface area contributed by atoms with Gasteiger partial charge in [0.2, 0.25) is 0 Å². The van der Waals surface area contributed by atoms with Crippen LogP contribution in [0.1, 0.15) is 40.2 Å². The third-order valence-corrected chi connectivity index (χ3v) is 4.21. The Morgan fingerprint density at radius 3 is 2.20 bits per heavy atom. The fraction of sp³-hybridized carbons (Fsp3) is 0.571. The summed E-state index contributed by atoms with van der Waals surface area (Å²) in [5, 5.41) is 11.1. The predicted octanol–water partition coefficient (Wildman–Crippen LogP) is 2.46. The SMILES string of the molecule is CCc1ccc(B2OC(C)(C)C(C)(C)O2)cc1[N+](=O)[O-]. The average molecular weight is 277 g/mol. The minimum Gasteiger partial charge on any atom is -0.399 e. The van der Waals surface area contributed by atoms with E-state index in [-0.39, 0.29) is 10.6 Å². The summed E-state index contributed by atoms with van der Waals surface area (Å²) in [6.07, 6.45) is 0.625. The molecule has 2 rings (SSSR count). The van der Waals surface area contributed by atoms with Gasteiger partial charge in [-0.15, -0.1) is 0 Å². The standard InChI is InChI=1S/C14H20BNO4/c1-6-10-7-8-11(9-12(10)16(17)18)15-19-13(2,3)14(4,5)20-15/h7-9H,6H2,1-5H3. The lowest BCUT2D eigenvalue weighted by atomic mass is 9.78. The van der Waals surface area contributed by atoms with Crippen molar-refractivity contribution in [3.05, 3.63) is 33.9 Å². The number of hydrogen-bond donors (Lipinski definition) is 0. The maximum Gasteiger partial charge on any atom is 0.495 e. The third-order valence-electron chi connectivity index (χ3n) is 4.21. The van der Waals surface area contributed by atoms with Gasteiger partial charge in [0, 0.05) is 11.6 Å². The summed E-state index contributed by atoms with van der Waals surface area (Å²) < 4.78 is 11.8. The first kappa shape index (κ1) is 15.0. The van der Waals surface area contributed by atoms with Crippen molar-refractivity contribution in [2.24, 2.45) is 0 Å². The van der Waals surface area contributed by atoms with Gasteiger partial charge in [0.05, 0.1) is 16.1 Å². The van der Waals surface area contributed by atoms with Crippen LogP contribution in [0.2, 0.25) is 0 Å². The van der Waals surface area contributed by atoms with Crippen molar-refractivity contribution in [1.29, 1.82) is 0 Å². The minimum atomic E-state index is -0.565. The van der Waals surface area contributed by atoms with Gasteiger partial charge in [-0.25, -0.2) is 0 Å². The Bertz CT molecular complexity index is 526. The number of nitro groups is 1. The van der Waals surface area contributed by atoms with E-state index in [9.17, 15) is 10.1 Å². The molecule has 20 heavy (non-hydrogen) atoms. The van der Waals surface area contributed by atoms with Gasteiger partial charge >= 0.3 is 7.12 Å². The molecule has 5 nitrogen and oxygen atoms in total. The van der Waals surface area contributed by atoms with Gasteiger partial charge in [0.25, 0.3) is 5.69 Å². The van der Waals surface area contributed by atoms with E-state index in [4.69, 9.17) is 9.31 Å². The zero-order valence-electron chi connectivity index (χ0n) is 12.6. The highest BCUT2D eigenvalue weighted by molar-refractivity contribution is 6.62. The molecule has 0 radical (unpaired) electrons. The molecule has 1 aliphatic heterocycles. The summed E-state index contributed by atoms with van der Waals surface area (Å²) in [7, 11) is -0.565. The number of nitro benzene ring substituents is 1. The summed E-state index contributed by atoms with van der Waals surface area (Å²) >= 11 is 0. The zero-order valence-corrected chi connectivity index (χ0v) is 12.6. The van der Waals surface area contributed by atoms with Crippen LogP contribution in [0.15, 0.2) is 18.2 Å². The molecular formula is C14H20BNO4. The van der Waals surface area contributed by atoms with Crippen LogP contribution in [0, 0.1) is 10.1 Å². The van der Waals surface area contributed by atoms with Crippen LogP contribution in [0.3, 0.4) is 0 Å². The molecule has 108 valence electrons. The Kier molecular flexibility index (Phi) is 3.65. The predicted molar refractivity (Wildman–Crippen MR) is 78.2 cm³/mol. The van der Waals surface area contributed by atoms with Gasteiger partial charge in [-0.3, -0.25) is 10.1 Å². The lowest BCUT2D eigenvalue weighted by molar-refractivity contribution is -0.385. The monoisotopic (exact) mass is 277 g/mol. The van der Waals surface area contributed by atoms with Crippen molar-refractivity contribution in [3.63, 3.8) is 0 Å². The van der Waals surface area contributed by atoms with Crippen LogP contribution in [-0.4, -0.2) is 23.2 Å². The first-order chi connectivity index (χ1) is 9.18. The quantitative estimate of drug-likeness (QED) is 0.483. The molecule has 1 heterocycles. The van der Waals surface area contributed by atoms with Crippen molar-refractivity contribution in [1.82, 2.24) is 0 Å². The number of hydrogen-bond acceptors (Lipinski definition) is 4. The molecule has 0 atom stereocenters.